The number of carbonyl (C=O) groups excluding carboxylic acids is 2. The van der Waals surface area contributed by atoms with Crippen molar-refractivity contribution in [2.45, 2.75) is 32.7 Å². The molecule has 1 saturated heterocycles. The van der Waals surface area contributed by atoms with Crippen LogP contribution in [-0.2, 0) is 13.0 Å². The average Bonchev–Trinajstić information content (AvgIpc) is 3.01. The summed E-state index contributed by atoms with van der Waals surface area (Å²) in [4.78, 5) is 29.4. The van der Waals surface area contributed by atoms with E-state index in [1.165, 1.54) is 0 Å². The Hall–Kier alpha value is -2.34. The van der Waals surface area contributed by atoms with Crippen LogP contribution >= 0.6 is 0 Å². The van der Waals surface area contributed by atoms with Crippen LogP contribution in [-0.4, -0.2) is 60.0 Å². The number of piperidine rings is 1. The second-order valence-electron chi connectivity index (χ2n) is 8.07. The summed E-state index contributed by atoms with van der Waals surface area (Å²) in [6, 6.07) is 5.77. The molecule has 4 rings (SSSR count). The summed E-state index contributed by atoms with van der Waals surface area (Å²) < 4.78 is 1.82. The van der Waals surface area contributed by atoms with Gasteiger partial charge in [0, 0.05) is 63.3 Å². The number of rotatable bonds is 1. The van der Waals surface area contributed by atoms with Crippen LogP contribution in [0.1, 0.15) is 41.4 Å². The fourth-order valence-corrected chi connectivity index (χ4v) is 4.23. The molecule has 3 heterocycles. The first-order chi connectivity index (χ1) is 13.0. The van der Waals surface area contributed by atoms with Crippen molar-refractivity contribution in [3.05, 3.63) is 35.0 Å². The van der Waals surface area contributed by atoms with Gasteiger partial charge in [-0.25, -0.2) is 4.79 Å². The van der Waals surface area contributed by atoms with Crippen LogP contribution in [0.3, 0.4) is 0 Å². The molecule has 0 spiro atoms. The van der Waals surface area contributed by atoms with Crippen molar-refractivity contribution < 1.29 is 9.59 Å². The van der Waals surface area contributed by atoms with E-state index < -0.39 is 0 Å². The van der Waals surface area contributed by atoms with Gasteiger partial charge in [-0.05, 0) is 42.5 Å². The number of likely N-dealkylation sites (tertiary alicyclic amines) is 1. The monoisotopic (exact) mass is 368 g/mol. The third-order valence-electron chi connectivity index (χ3n) is 5.91. The normalized spacial score (nSPS) is 17.8. The van der Waals surface area contributed by atoms with E-state index in [1.54, 1.807) is 19.0 Å². The molecule has 0 atom stereocenters. The minimum atomic E-state index is -0.0350. The number of amides is 2. The molecule has 144 valence electrons. The third kappa shape index (κ3) is 3.12. The summed E-state index contributed by atoms with van der Waals surface area (Å²) in [6.45, 7) is 5.51. The second-order valence-corrected chi connectivity index (χ2v) is 8.07. The summed E-state index contributed by atoms with van der Waals surface area (Å²) >= 11 is 0. The van der Waals surface area contributed by atoms with Crippen molar-refractivity contribution in [2.75, 3.05) is 33.7 Å². The van der Waals surface area contributed by atoms with Gasteiger partial charge in [-0.1, -0.05) is 6.92 Å². The van der Waals surface area contributed by atoms with E-state index in [4.69, 9.17) is 0 Å². The van der Waals surface area contributed by atoms with Crippen LogP contribution in [0.2, 0.25) is 0 Å². The van der Waals surface area contributed by atoms with Gasteiger partial charge in [0.05, 0.1) is 5.52 Å². The maximum atomic E-state index is 13.0. The number of aromatic nitrogens is 1. The Balaban J connectivity index is 1.76. The van der Waals surface area contributed by atoms with Crippen LogP contribution in [0.5, 0.6) is 0 Å². The Labute approximate surface area is 160 Å². The highest BCUT2D eigenvalue weighted by atomic mass is 16.2. The predicted molar refractivity (Wildman–Crippen MR) is 106 cm³/mol. The quantitative estimate of drug-likeness (QED) is 0.842. The molecular formula is C21H28N4O2. The van der Waals surface area contributed by atoms with Crippen molar-refractivity contribution in [2.24, 2.45) is 5.92 Å². The number of benzene rings is 1. The second kappa shape index (κ2) is 7.00. The standard InChI is InChI=1S/C21H28N4O2/c1-14-7-10-24(11-8-14)20(26)15-4-5-18-16(12-15)17-13-22-9-6-19(17)25(18)21(27)23(2)3/h4-5,12,14,22H,6-11,13H2,1-3H3. The largest absolute Gasteiger partial charge is 0.339 e. The summed E-state index contributed by atoms with van der Waals surface area (Å²) in [6.07, 6.45) is 2.96. The van der Waals surface area contributed by atoms with E-state index in [-0.39, 0.29) is 11.9 Å². The molecule has 0 bridgehead atoms. The lowest BCUT2D eigenvalue weighted by atomic mass is 9.98. The first kappa shape index (κ1) is 18.0. The number of nitrogens with one attached hydrogen (secondary N) is 1. The Morgan fingerprint density at radius 1 is 1.19 bits per heavy atom. The highest BCUT2D eigenvalue weighted by Gasteiger charge is 2.26. The zero-order valence-corrected chi connectivity index (χ0v) is 16.4. The maximum Gasteiger partial charge on any atom is 0.328 e. The molecule has 1 aromatic heterocycles. The molecule has 0 unspecified atom stereocenters. The number of fused-ring (bicyclic) bond motifs is 3. The number of carbonyl (C=O) groups is 2. The van der Waals surface area contributed by atoms with Gasteiger partial charge >= 0.3 is 6.03 Å². The van der Waals surface area contributed by atoms with Crippen LogP contribution in [0.25, 0.3) is 10.9 Å². The van der Waals surface area contributed by atoms with Crippen LogP contribution in [0.4, 0.5) is 4.79 Å². The Morgan fingerprint density at radius 3 is 2.63 bits per heavy atom. The SMILES string of the molecule is CC1CCN(C(=O)c2ccc3c(c2)c2c(n3C(=O)N(C)C)CCNC2)CC1. The smallest absolute Gasteiger partial charge is 0.328 e. The van der Waals surface area contributed by atoms with Gasteiger partial charge in [-0.2, -0.15) is 0 Å². The van der Waals surface area contributed by atoms with Crippen molar-refractivity contribution in [1.82, 2.24) is 19.7 Å². The Kier molecular flexibility index (Phi) is 4.68. The summed E-state index contributed by atoms with van der Waals surface area (Å²) in [7, 11) is 3.55. The number of hydrogen-bond donors (Lipinski definition) is 1. The zero-order valence-electron chi connectivity index (χ0n) is 16.4. The highest BCUT2D eigenvalue weighted by molar-refractivity contribution is 6.02. The fraction of sp³-hybridized carbons (Fsp3) is 0.524. The molecule has 2 aliphatic heterocycles. The summed E-state index contributed by atoms with van der Waals surface area (Å²) in [5.74, 6) is 0.800. The van der Waals surface area contributed by atoms with Gasteiger partial charge in [0.1, 0.15) is 0 Å². The predicted octanol–water partition coefficient (Wildman–Crippen LogP) is 2.69. The van der Waals surface area contributed by atoms with Crippen molar-refractivity contribution in [3.8, 4) is 0 Å². The molecule has 0 radical (unpaired) electrons. The highest BCUT2D eigenvalue weighted by Crippen LogP contribution is 2.30. The van der Waals surface area contributed by atoms with Gasteiger partial charge in [0.25, 0.3) is 5.91 Å². The van der Waals surface area contributed by atoms with E-state index >= 15 is 0 Å². The molecule has 2 aliphatic rings. The molecule has 1 aromatic carbocycles. The van der Waals surface area contributed by atoms with Gasteiger partial charge < -0.3 is 15.1 Å². The van der Waals surface area contributed by atoms with Crippen molar-refractivity contribution >= 4 is 22.8 Å². The molecule has 0 aliphatic carbocycles. The fourth-order valence-electron chi connectivity index (χ4n) is 4.23. The van der Waals surface area contributed by atoms with Crippen LogP contribution in [0, 0.1) is 5.92 Å². The maximum absolute atomic E-state index is 13.0. The molecule has 27 heavy (non-hydrogen) atoms. The Morgan fingerprint density at radius 2 is 1.93 bits per heavy atom. The van der Waals surface area contributed by atoms with Gasteiger partial charge in [-0.3, -0.25) is 9.36 Å². The first-order valence-corrected chi connectivity index (χ1v) is 9.85. The zero-order chi connectivity index (χ0) is 19.1. The molecule has 2 aromatic rings. The van der Waals surface area contributed by atoms with E-state index in [2.05, 4.69) is 12.2 Å². The summed E-state index contributed by atoms with van der Waals surface area (Å²) in [5, 5.41) is 4.42. The summed E-state index contributed by atoms with van der Waals surface area (Å²) in [5.41, 5.74) is 3.83. The number of hydrogen-bond acceptors (Lipinski definition) is 3. The van der Waals surface area contributed by atoms with E-state index in [0.29, 0.717) is 5.92 Å². The topological polar surface area (TPSA) is 57.6 Å². The number of nitrogens with zero attached hydrogens (tertiary/aromatic N) is 3. The lowest BCUT2D eigenvalue weighted by Crippen LogP contribution is -2.37. The first-order valence-electron chi connectivity index (χ1n) is 9.85. The minimum Gasteiger partial charge on any atom is -0.339 e. The molecule has 6 heteroatoms. The molecular weight excluding hydrogens is 340 g/mol. The lowest BCUT2D eigenvalue weighted by Gasteiger charge is -2.30. The van der Waals surface area contributed by atoms with E-state index in [1.807, 2.05) is 27.7 Å². The molecule has 1 fully saturated rings. The van der Waals surface area contributed by atoms with Crippen molar-refractivity contribution in [1.29, 1.82) is 0 Å². The Bertz CT molecular complexity index is 891. The molecule has 2 amide bonds. The van der Waals surface area contributed by atoms with Crippen LogP contribution in [0.15, 0.2) is 18.2 Å². The molecule has 6 nitrogen and oxygen atoms in total. The molecule has 1 N–H and O–H groups in total. The van der Waals surface area contributed by atoms with Gasteiger partial charge in [-0.15, -0.1) is 0 Å². The van der Waals surface area contributed by atoms with Gasteiger partial charge in [0.15, 0.2) is 0 Å². The van der Waals surface area contributed by atoms with E-state index in [9.17, 15) is 9.59 Å². The molecule has 0 saturated carbocycles. The van der Waals surface area contributed by atoms with Crippen LogP contribution < -0.4 is 5.32 Å². The van der Waals surface area contributed by atoms with Crippen molar-refractivity contribution in [3.63, 3.8) is 0 Å². The van der Waals surface area contributed by atoms with Gasteiger partial charge in [0.2, 0.25) is 0 Å². The van der Waals surface area contributed by atoms with E-state index in [0.717, 1.165) is 73.2 Å². The minimum absolute atomic E-state index is 0.0350. The third-order valence-corrected chi connectivity index (χ3v) is 5.91. The average molecular weight is 368 g/mol. The lowest BCUT2D eigenvalue weighted by molar-refractivity contribution is 0.0697.